The summed E-state index contributed by atoms with van der Waals surface area (Å²) in [7, 11) is 0. The molecule has 1 heterocycles. The zero-order valence-electron chi connectivity index (χ0n) is 12.0. The number of halogens is 1. The zero-order chi connectivity index (χ0) is 14.4. The van der Waals surface area contributed by atoms with E-state index in [0.29, 0.717) is 6.54 Å². The number of carbonyl (C=O) groups excluding carboxylic acids is 1. The Kier molecular flexibility index (Phi) is 6.10. The molecule has 0 saturated heterocycles. The number of ether oxygens (including phenoxy) is 1. The highest BCUT2D eigenvalue weighted by atomic mass is 79.9. The van der Waals surface area contributed by atoms with E-state index < -0.39 is 0 Å². The molecule has 0 atom stereocenters. The molecule has 1 aliphatic carbocycles. The summed E-state index contributed by atoms with van der Waals surface area (Å²) in [6.45, 7) is 5.25. The van der Waals surface area contributed by atoms with Gasteiger partial charge in [0, 0.05) is 37.0 Å². The van der Waals surface area contributed by atoms with E-state index in [9.17, 15) is 4.79 Å². The van der Waals surface area contributed by atoms with Crippen molar-refractivity contribution in [3.63, 3.8) is 0 Å². The van der Waals surface area contributed by atoms with Gasteiger partial charge < -0.3 is 14.6 Å². The van der Waals surface area contributed by atoms with Crippen molar-refractivity contribution in [2.24, 2.45) is 5.92 Å². The average molecular weight is 343 g/mol. The Morgan fingerprint density at radius 2 is 2.35 bits per heavy atom. The first-order valence-corrected chi connectivity index (χ1v) is 8.21. The fourth-order valence-electron chi connectivity index (χ4n) is 2.09. The molecule has 1 aromatic heterocycles. The quantitative estimate of drug-likeness (QED) is 0.700. The second-order valence-corrected chi connectivity index (χ2v) is 6.28. The minimum Gasteiger partial charge on any atom is -0.381 e. The number of nitrogens with zero attached hydrogens (tertiary/aromatic N) is 1. The third kappa shape index (κ3) is 4.94. The van der Waals surface area contributed by atoms with Crippen LogP contribution in [0.2, 0.25) is 0 Å². The van der Waals surface area contributed by atoms with Crippen molar-refractivity contribution in [1.82, 2.24) is 9.88 Å². The van der Waals surface area contributed by atoms with E-state index in [4.69, 9.17) is 4.74 Å². The molecule has 0 aliphatic heterocycles. The van der Waals surface area contributed by atoms with Crippen molar-refractivity contribution in [1.29, 1.82) is 0 Å². The normalized spacial score (nSPS) is 14.5. The van der Waals surface area contributed by atoms with Crippen LogP contribution in [-0.2, 0) is 11.3 Å². The van der Waals surface area contributed by atoms with Gasteiger partial charge in [0.2, 0.25) is 0 Å². The van der Waals surface area contributed by atoms with Gasteiger partial charge in [-0.3, -0.25) is 4.79 Å². The Labute approximate surface area is 129 Å². The fraction of sp³-hybridized carbons (Fsp3) is 0.667. The molecule has 5 heteroatoms. The lowest BCUT2D eigenvalue weighted by Crippen LogP contribution is -2.27. The van der Waals surface area contributed by atoms with Crippen molar-refractivity contribution in [3.05, 3.63) is 22.4 Å². The number of nitrogens with one attached hydrogen (secondary N) is 1. The van der Waals surface area contributed by atoms with Gasteiger partial charge in [-0.25, -0.2) is 0 Å². The summed E-state index contributed by atoms with van der Waals surface area (Å²) in [5, 5.41) is 2.95. The van der Waals surface area contributed by atoms with Gasteiger partial charge >= 0.3 is 0 Å². The number of hydrogen-bond donors (Lipinski definition) is 1. The molecule has 20 heavy (non-hydrogen) atoms. The Morgan fingerprint density at radius 3 is 3.05 bits per heavy atom. The molecule has 0 unspecified atom stereocenters. The highest BCUT2D eigenvalue weighted by Crippen LogP contribution is 2.28. The Bertz CT molecular complexity index is 441. The first-order valence-electron chi connectivity index (χ1n) is 7.42. The molecule has 0 bridgehead atoms. The maximum absolute atomic E-state index is 12.1. The van der Waals surface area contributed by atoms with Crippen LogP contribution in [0.15, 0.2) is 16.7 Å². The lowest BCUT2D eigenvalue weighted by atomic mass is 10.3. The largest absolute Gasteiger partial charge is 0.381 e. The summed E-state index contributed by atoms with van der Waals surface area (Å²) in [5.74, 6) is 0.797. The predicted octanol–water partition coefficient (Wildman–Crippen LogP) is 3.21. The minimum absolute atomic E-state index is 0.00802. The minimum atomic E-state index is -0.00802. The highest BCUT2D eigenvalue weighted by molar-refractivity contribution is 9.10. The van der Waals surface area contributed by atoms with Crippen LogP contribution in [-0.4, -0.2) is 30.2 Å². The highest BCUT2D eigenvalue weighted by Gasteiger charge is 2.20. The molecule has 0 radical (unpaired) electrons. The Balaban J connectivity index is 1.67. The first kappa shape index (κ1) is 15.6. The standard InChI is InChI=1S/C15H23BrN2O2/c1-2-7-18-10-13(16)9-14(18)15(19)17-6-3-8-20-11-12-4-5-12/h9-10,12H,2-8,11H2,1H3,(H,17,19). The summed E-state index contributed by atoms with van der Waals surface area (Å²) in [4.78, 5) is 12.1. The molecule has 1 N–H and O–H groups in total. The van der Waals surface area contributed by atoms with Gasteiger partial charge in [0.25, 0.3) is 5.91 Å². The monoisotopic (exact) mass is 342 g/mol. The number of hydrogen-bond acceptors (Lipinski definition) is 2. The Morgan fingerprint density at radius 1 is 1.55 bits per heavy atom. The number of amides is 1. The van der Waals surface area contributed by atoms with Crippen molar-refractivity contribution in [2.75, 3.05) is 19.8 Å². The van der Waals surface area contributed by atoms with Crippen molar-refractivity contribution in [3.8, 4) is 0 Å². The molecular formula is C15H23BrN2O2. The number of rotatable bonds is 9. The smallest absolute Gasteiger partial charge is 0.267 e. The molecule has 4 nitrogen and oxygen atoms in total. The molecule has 1 amide bonds. The van der Waals surface area contributed by atoms with E-state index >= 15 is 0 Å². The molecule has 1 aromatic rings. The fourth-order valence-corrected chi connectivity index (χ4v) is 2.56. The van der Waals surface area contributed by atoms with Crippen molar-refractivity contribution >= 4 is 21.8 Å². The summed E-state index contributed by atoms with van der Waals surface area (Å²) in [5.41, 5.74) is 0.720. The van der Waals surface area contributed by atoms with E-state index in [0.717, 1.165) is 48.7 Å². The maximum Gasteiger partial charge on any atom is 0.267 e. The van der Waals surface area contributed by atoms with E-state index in [-0.39, 0.29) is 5.91 Å². The molecular weight excluding hydrogens is 320 g/mol. The second-order valence-electron chi connectivity index (χ2n) is 5.36. The number of aromatic nitrogens is 1. The SMILES string of the molecule is CCCn1cc(Br)cc1C(=O)NCCCOCC1CC1. The van der Waals surface area contributed by atoms with Crippen LogP contribution in [0.5, 0.6) is 0 Å². The molecule has 0 spiro atoms. The number of carbonyl (C=O) groups is 1. The number of aryl methyl sites for hydroxylation is 1. The van der Waals surface area contributed by atoms with Crippen LogP contribution in [0, 0.1) is 5.92 Å². The first-order chi connectivity index (χ1) is 9.70. The van der Waals surface area contributed by atoms with Gasteiger partial charge in [0.05, 0.1) is 0 Å². The van der Waals surface area contributed by atoms with Gasteiger partial charge in [0.1, 0.15) is 5.69 Å². The van der Waals surface area contributed by atoms with Gasteiger partial charge in [-0.1, -0.05) is 6.92 Å². The average Bonchev–Trinajstić information content (AvgIpc) is 3.17. The van der Waals surface area contributed by atoms with Crippen LogP contribution in [0.3, 0.4) is 0 Å². The lowest BCUT2D eigenvalue weighted by molar-refractivity contribution is 0.0928. The Hall–Kier alpha value is -0.810. The third-order valence-corrected chi connectivity index (χ3v) is 3.80. The summed E-state index contributed by atoms with van der Waals surface area (Å²) in [6, 6.07) is 1.87. The summed E-state index contributed by atoms with van der Waals surface area (Å²) in [6.07, 6.45) is 6.47. The second kappa shape index (κ2) is 7.84. The molecule has 1 aliphatic rings. The summed E-state index contributed by atoms with van der Waals surface area (Å²) < 4.78 is 8.48. The van der Waals surface area contributed by atoms with E-state index in [1.807, 2.05) is 16.8 Å². The van der Waals surface area contributed by atoms with Crippen molar-refractivity contribution < 1.29 is 9.53 Å². The third-order valence-electron chi connectivity index (χ3n) is 3.36. The van der Waals surface area contributed by atoms with Gasteiger partial charge in [-0.2, -0.15) is 0 Å². The molecule has 112 valence electrons. The molecule has 2 rings (SSSR count). The lowest BCUT2D eigenvalue weighted by Gasteiger charge is -2.09. The topological polar surface area (TPSA) is 43.3 Å². The summed E-state index contributed by atoms with van der Waals surface area (Å²) >= 11 is 3.42. The maximum atomic E-state index is 12.1. The van der Waals surface area contributed by atoms with Crippen LogP contribution >= 0.6 is 15.9 Å². The van der Waals surface area contributed by atoms with Crippen molar-refractivity contribution in [2.45, 2.75) is 39.2 Å². The molecule has 1 saturated carbocycles. The zero-order valence-corrected chi connectivity index (χ0v) is 13.6. The van der Waals surface area contributed by atoms with Crippen LogP contribution in [0.1, 0.15) is 43.1 Å². The van der Waals surface area contributed by atoms with E-state index in [1.165, 1.54) is 12.8 Å². The predicted molar refractivity (Wildman–Crippen MR) is 82.9 cm³/mol. The van der Waals surface area contributed by atoms with E-state index in [2.05, 4.69) is 28.2 Å². The van der Waals surface area contributed by atoms with Gasteiger partial charge in [0.15, 0.2) is 0 Å². The molecule has 1 fully saturated rings. The van der Waals surface area contributed by atoms with Gasteiger partial charge in [-0.15, -0.1) is 0 Å². The van der Waals surface area contributed by atoms with Crippen LogP contribution in [0.25, 0.3) is 0 Å². The van der Waals surface area contributed by atoms with Crippen LogP contribution < -0.4 is 5.32 Å². The molecule has 0 aromatic carbocycles. The van der Waals surface area contributed by atoms with Gasteiger partial charge in [-0.05, 0) is 53.6 Å². The van der Waals surface area contributed by atoms with E-state index in [1.54, 1.807) is 0 Å². The van der Waals surface area contributed by atoms with Crippen LogP contribution in [0.4, 0.5) is 0 Å².